The number of hydrogen-bond donors (Lipinski definition) is 24. The maximum atomic E-state index is 15.4. The van der Waals surface area contributed by atoms with Gasteiger partial charge in [-0.15, -0.1) is 0 Å². The fourth-order valence-corrected chi connectivity index (χ4v) is 14.5. The van der Waals surface area contributed by atoms with Crippen molar-refractivity contribution in [1.29, 1.82) is 0 Å². The highest BCUT2D eigenvalue weighted by Crippen LogP contribution is 2.32. The summed E-state index contributed by atoms with van der Waals surface area (Å²) < 4.78 is 49.4. The lowest BCUT2D eigenvalue weighted by atomic mass is 9.87. The molecular formula is C80H134N12O36. The van der Waals surface area contributed by atoms with Crippen LogP contribution >= 0.6 is 0 Å². The lowest BCUT2D eigenvalue weighted by Gasteiger charge is -2.40. The first kappa shape index (κ1) is 110. The van der Waals surface area contributed by atoms with Crippen LogP contribution in [0.25, 0.3) is 0 Å². The van der Waals surface area contributed by atoms with E-state index < -0.39 is 393 Å². The number of alkyl carbamates (subject to hydrolysis) is 4. The van der Waals surface area contributed by atoms with Gasteiger partial charge >= 0.3 is 30.3 Å². The Labute approximate surface area is 739 Å². The molecule has 0 spiro atoms. The van der Waals surface area contributed by atoms with E-state index in [2.05, 4.69) is 58.5 Å². The summed E-state index contributed by atoms with van der Waals surface area (Å²) in [6.45, 7) is 10.5. The summed E-state index contributed by atoms with van der Waals surface area (Å²) in [5.74, 6) is -20.4. The third-order valence-electron chi connectivity index (χ3n) is 22.6. The number of carbonyl (C=O) groups excluding carboxylic acids is 15. The fourth-order valence-electron chi connectivity index (χ4n) is 14.5. The van der Waals surface area contributed by atoms with Crippen LogP contribution in [0.2, 0.25) is 0 Å². The highest BCUT2D eigenvalue weighted by molar-refractivity contribution is 5.98. The number of rotatable bonds is 28. The summed E-state index contributed by atoms with van der Waals surface area (Å²) in [5.41, 5.74) is 4.21. The van der Waals surface area contributed by atoms with Crippen molar-refractivity contribution in [3.8, 4) is 0 Å². The average molecular weight is 1840 g/mol. The van der Waals surface area contributed by atoms with Crippen LogP contribution in [-0.4, -0.2) is 350 Å². The number of Topliss-reactive ketones (excluding diaryl/α,β-unsaturated/α-hetero) is 2. The summed E-state index contributed by atoms with van der Waals surface area (Å²) in [6.07, 6.45) is -35.8. The van der Waals surface area contributed by atoms with Crippen LogP contribution in [0.4, 0.5) is 19.2 Å². The Morgan fingerprint density at radius 3 is 1.34 bits per heavy atom. The molecule has 5 saturated heterocycles. The van der Waals surface area contributed by atoms with Crippen molar-refractivity contribution in [3.63, 3.8) is 0 Å². The minimum atomic E-state index is -1.89. The minimum absolute atomic E-state index is 0.0346. The van der Waals surface area contributed by atoms with Crippen LogP contribution in [0.1, 0.15) is 166 Å². The largest absolute Gasteiger partial charge is 0.444 e. The SMILES string of the molecule is CC(C)C1CC(=O)C(CCNC(=O)O[C@H]2OC(CO)[C@@H](O)[C@H](O)C2C)NC(=O)C(CCCC(=O)O[C@H]2OC(CO)[C@@H](O)[C@H](O)C2C)NC(=O)C(C(C)C)NC(=O)C(CCNC(=O)O[C@H]2OC(CO)[C@@H](O)[C@H](O)C2C)CC(=O)C(NC(=O)OC(C)(C)C)CCCCNC(=O)CCC(C(=O)NCCC(N)=O)NC(=O)C(CCNC(=O)O[C@H]2OC(CO)[C@@H](O)C(O)C2C)NC1=O. The van der Waals surface area contributed by atoms with Crippen molar-refractivity contribution >= 4 is 89.2 Å². The lowest BCUT2D eigenvalue weighted by molar-refractivity contribution is -0.274. The first-order chi connectivity index (χ1) is 60.1. The number of nitrogens with one attached hydrogen (secondary N) is 11. The predicted octanol–water partition coefficient (Wildman–Crippen LogP) is -6.80. The molecule has 0 radical (unpaired) electrons. The number of amides is 12. The van der Waals surface area contributed by atoms with Crippen molar-refractivity contribution in [3.05, 3.63) is 0 Å². The van der Waals surface area contributed by atoms with Crippen molar-refractivity contribution in [2.75, 3.05) is 59.2 Å². The lowest BCUT2D eigenvalue weighted by Crippen LogP contribution is -2.58. The number of ketones is 2. The molecule has 28 atom stereocenters. The molecule has 730 valence electrons. The topological polar surface area (TPSA) is 740 Å². The molecule has 5 aliphatic rings. The van der Waals surface area contributed by atoms with Crippen molar-refractivity contribution < 1.29 is 176 Å². The van der Waals surface area contributed by atoms with Gasteiger partial charge in [0.15, 0.2) is 11.6 Å². The maximum Gasteiger partial charge on any atom is 0.409 e. The zero-order valence-corrected chi connectivity index (χ0v) is 73.8. The van der Waals surface area contributed by atoms with Crippen LogP contribution in [-0.2, 0) is 95.4 Å². The third-order valence-corrected chi connectivity index (χ3v) is 22.6. The normalized spacial score (nSPS) is 33.5. The Morgan fingerprint density at radius 1 is 0.461 bits per heavy atom. The first-order valence-corrected chi connectivity index (χ1v) is 43.1. The van der Waals surface area contributed by atoms with Crippen LogP contribution in [0.5, 0.6) is 0 Å². The maximum absolute atomic E-state index is 15.4. The number of nitrogens with two attached hydrogens (primary N) is 1. The number of esters is 1. The van der Waals surface area contributed by atoms with Gasteiger partial charge in [0.05, 0.1) is 62.9 Å². The van der Waals surface area contributed by atoms with Crippen molar-refractivity contribution in [2.45, 2.75) is 306 Å². The number of carbonyl (C=O) groups is 15. The van der Waals surface area contributed by atoms with Gasteiger partial charge in [-0.2, -0.15) is 0 Å². The highest BCUT2D eigenvalue weighted by atomic mass is 16.7. The Morgan fingerprint density at radius 2 is 0.891 bits per heavy atom. The van der Waals surface area contributed by atoms with E-state index in [1.54, 1.807) is 0 Å². The van der Waals surface area contributed by atoms with Gasteiger partial charge in [-0.3, -0.25) is 52.7 Å². The van der Waals surface area contributed by atoms with Crippen molar-refractivity contribution in [1.82, 2.24) is 58.5 Å². The average Bonchev–Trinajstić information content (AvgIpc) is 0.828. The molecule has 0 bridgehead atoms. The Kier molecular flexibility index (Phi) is 45.1. The van der Waals surface area contributed by atoms with Gasteiger partial charge in [0.1, 0.15) is 78.6 Å². The summed E-state index contributed by atoms with van der Waals surface area (Å²) in [6, 6.07) is -10.5. The van der Waals surface area contributed by atoms with Crippen molar-refractivity contribution in [2.24, 2.45) is 53.1 Å². The van der Waals surface area contributed by atoms with Crippen LogP contribution in [0.15, 0.2) is 0 Å². The molecule has 0 aromatic carbocycles. The Balaban J connectivity index is 1.65. The number of ether oxygens (including phenoxy) is 9. The zero-order valence-electron chi connectivity index (χ0n) is 73.8. The predicted molar refractivity (Wildman–Crippen MR) is 437 cm³/mol. The zero-order chi connectivity index (χ0) is 95.9. The van der Waals surface area contributed by atoms with Gasteiger partial charge in [-0.25, -0.2) is 19.2 Å². The van der Waals surface area contributed by atoms with E-state index in [9.17, 15) is 109 Å². The fraction of sp³-hybridized carbons (Fsp3) is 0.812. The molecule has 0 saturated carbocycles. The van der Waals surface area contributed by atoms with Gasteiger partial charge in [0.25, 0.3) is 0 Å². The van der Waals surface area contributed by atoms with Crippen LogP contribution < -0.4 is 64.2 Å². The molecule has 48 heteroatoms. The smallest absolute Gasteiger partial charge is 0.409 e. The van der Waals surface area contributed by atoms with Crippen LogP contribution in [0, 0.1) is 47.3 Å². The molecule has 5 aliphatic heterocycles. The minimum Gasteiger partial charge on any atom is -0.444 e. The molecule has 17 unspecified atom stereocenters. The van der Waals surface area contributed by atoms with Gasteiger partial charge in [0, 0.05) is 100 Å². The third kappa shape index (κ3) is 34.1. The van der Waals surface area contributed by atoms with E-state index in [-0.39, 0.29) is 32.4 Å². The second-order valence-electron chi connectivity index (χ2n) is 34.5. The Hall–Kier alpha value is -8.99. The molecular weight excluding hydrogens is 1700 g/mol. The first-order valence-electron chi connectivity index (χ1n) is 43.1. The van der Waals surface area contributed by atoms with Gasteiger partial charge < -0.3 is 168 Å². The highest BCUT2D eigenvalue weighted by Gasteiger charge is 2.49. The standard InChI is InChI=1S/C80H134N12O36/c1-35(2)42-30-49(98)44(21-26-85-77(117)126-74-39(7)60(104)64(108)52(33-95)122-74)87-69(113)45(16-14-17-56(101)124-72-37(5)58(102)62(106)50(31-93)120-72)90-71(115)57(36(3)4)92-66(110)41(20-25-84-76(116)125-73-38(6)59(103)63(107)51(32-94)121-73)29-48(97)43(91-79(119)128-80(9,10)11)15-12-13-24-82-55(100)19-18-46(68(112)83-28-23-54(81)99)89-70(114)47(88-67(42)111)22-27-86-78(118)127-75-40(8)61(105)65(109)53(34-96)123-75/h35-47,50-53,57-65,72-75,93-96,102-109H,12-34H2,1-11H3,(H2,81,99)(H,82,100)(H,83,112)(H,84,116)(H,85,117)(H,86,118)(H,87,113)(H,88,111)(H,89,114)(H,90,115)(H,91,119)(H,92,110)/t37?,38?,39?,40?,41?,42?,43?,44?,45?,46?,47?,50?,51?,52?,53?,57?,58-,59-,60-,61?,62-,63-,64-,65-,72-,73-,74-,75-/m1/s1. The molecule has 5 heterocycles. The monoisotopic (exact) mass is 1840 g/mol. The molecule has 25 N–H and O–H groups in total. The molecule has 0 aromatic heterocycles. The van der Waals surface area contributed by atoms with E-state index in [1.165, 1.54) is 76.2 Å². The molecule has 0 aliphatic carbocycles. The summed E-state index contributed by atoms with van der Waals surface area (Å²) >= 11 is 0. The number of primary amides is 1. The molecule has 48 nitrogen and oxygen atoms in total. The summed E-state index contributed by atoms with van der Waals surface area (Å²) in [7, 11) is 0. The van der Waals surface area contributed by atoms with E-state index >= 15 is 24.0 Å². The molecule has 5 fully saturated rings. The van der Waals surface area contributed by atoms with E-state index in [0.29, 0.717) is 0 Å². The molecule has 128 heavy (non-hydrogen) atoms. The van der Waals surface area contributed by atoms with Gasteiger partial charge in [-0.05, 0) is 90.4 Å². The second kappa shape index (κ2) is 52.8. The second-order valence-corrected chi connectivity index (χ2v) is 34.5. The summed E-state index contributed by atoms with van der Waals surface area (Å²) in [4.78, 5) is 214. The molecule has 0 aromatic rings. The molecule has 12 amide bonds. The van der Waals surface area contributed by atoms with Crippen LogP contribution in [0.3, 0.4) is 0 Å². The number of aliphatic hydroxyl groups excluding tert-OH is 12. The Bertz CT molecular complexity index is 3670. The van der Waals surface area contributed by atoms with Gasteiger partial charge in [-0.1, -0.05) is 55.4 Å². The summed E-state index contributed by atoms with van der Waals surface area (Å²) in [5, 5.41) is 152. The van der Waals surface area contributed by atoms with E-state index in [0.717, 1.165) is 0 Å². The number of hydrogen-bond acceptors (Lipinski definition) is 36. The quantitative estimate of drug-likeness (QED) is 0.0256. The molecule has 5 rings (SSSR count). The van der Waals surface area contributed by atoms with E-state index in [4.69, 9.17) is 48.4 Å². The van der Waals surface area contributed by atoms with E-state index in [1.807, 2.05) is 0 Å². The number of aliphatic hydroxyl groups is 12. The van der Waals surface area contributed by atoms with Gasteiger partial charge in [0.2, 0.25) is 72.4 Å².